The number of hydrogen-bond donors (Lipinski definition) is 4. The van der Waals surface area contributed by atoms with Crippen LogP contribution in [0.5, 0.6) is 0 Å². The van der Waals surface area contributed by atoms with Crippen molar-refractivity contribution in [3.05, 3.63) is 23.7 Å². The molecule has 0 saturated heterocycles. The Hall–Kier alpha value is -1.41. The molecule has 0 saturated carbocycles. The lowest BCUT2D eigenvalue weighted by Crippen LogP contribution is -2.30. The molecule has 1 amide bonds. The monoisotopic (exact) mass is 243 g/mol. The highest BCUT2D eigenvalue weighted by Gasteiger charge is 2.11. The highest BCUT2D eigenvalue weighted by atomic mass is 16.3. The minimum absolute atomic E-state index is 0.00312. The summed E-state index contributed by atoms with van der Waals surface area (Å²) in [5, 5.41) is 17.7. The number of carbonyl (C=O) groups excluding carboxylic acids is 1. The van der Waals surface area contributed by atoms with E-state index in [4.69, 9.17) is 20.5 Å². The Labute approximate surface area is 98.8 Å². The van der Waals surface area contributed by atoms with Gasteiger partial charge in [-0.15, -0.1) is 0 Å². The Morgan fingerprint density at radius 1 is 1.41 bits per heavy atom. The van der Waals surface area contributed by atoms with E-state index in [1.165, 1.54) is 6.26 Å². The summed E-state index contributed by atoms with van der Waals surface area (Å²) in [5.41, 5.74) is 2.35. The van der Waals surface area contributed by atoms with E-state index >= 15 is 0 Å². The maximum Gasteiger partial charge on any atom is 0.268 e. The van der Waals surface area contributed by atoms with Gasteiger partial charge in [-0.25, -0.2) is 5.84 Å². The van der Waals surface area contributed by atoms with Crippen molar-refractivity contribution in [2.24, 2.45) is 5.84 Å². The summed E-state index contributed by atoms with van der Waals surface area (Å²) >= 11 is 0. The summed E-state index contributed by atoms with van der Waals surface area (Å²) in [6.45, 7) is 1.27. The molecule has 0 radical (unpaired) electrons. The number of nitrogens with two attached hydrogens (primary N) is 1. The normalized spacial score (nSPS) is 10.8. The van der Waals surface area contributed by atoms with Gasteiger partial charge in [-0.3, -0.25) is 15.1 Å². The molecule has 5 N–H and O–H groups in total. The number of aliphatic hydroxyl groups is 2. The van der Waals surface area contributed by atoms with Gasteiger partial charge in [0.25, 0.3) is 5.91 Å². The Morgan fingerprint density at radius 2 is 2.06 bits per heavy atom. The van der Waals surface area contributed by atoms with Gasteiger partial charge in [0.05, 0.1) is 25.3 Å². The average molecular weight is 243 g/mol. The van der Waals surface area contributed by atoms with E-state index in [-0.39, 0.29) is 13.2 Å². The van der Waals surface area contributed by atoms with E-state index in [1.807, 2.05) is 10.3 Å². The van der Waals surface area contributed by atoms with Crippen molar-refractivity contribution in [2.75, 3.05) is 26.3 Å². The van der Waals surface area contributed by atoms with Gasteiger partial charge in [0.15, 0.2) is 0 Å². The largest absolute Gasteiger partial charge is 0.467 e. The molecule has 0 aliphatic carbocycles. The highest BCUT2D eigenvalue weighted by molar-refractivity contribution is 5.93. The van der Waals surface area contributed by atoms with E-state index < -0.39 is 5.91 Å². The predicted molar refractivity (Wildman–Crippen MR) is 59.8 cm³/mol. The van der Waals surface area contributed by atoms with E-state index in [9.17, 15) is 4.79 Å². The Morgan fingerprint density at radius 3 is 2.59 bits per heavy atom. The molecule has 0 fully saturated rings. The van der Waals surface area contributed by atoms with Crippen LogP contribution in [0.4, 0.5) is 0 Å². The van der Waals surface area contributed by atoms with Gasteiger partial charge in [0, 0.05) is 13.1 Å². The van der Waals surface area contributed by atoms with Crippen molar-refractivity contribution in [3.63, 3.8) is 0 Å². The van der Waals surface area contributed by atoms with E-state index in [0.717, 1.165) is 0 Å². The molecule has 0 aliphatic rings. The zero-order chi connectivity index (χ0) is 12.7. The van der Waals surface area contributed by atoms with Crippen molar-refractivity contribution in [1.29, 1.82) is 0 Å². The van der Waals surface area contributed by atoms with Crippen molar-refractivity contribution >= 4 is 5.91 Å². The Balaban J connectivity index is 2.60. The summed E-state index contributed by atoms with van der Waals surface area (Å²) in [5.74, 6) is 5.15. The Kier molecular flexibility index (Phi) is 5.64. The van der Waals surface area contributed by atoms with Crippen molar-refractivity contribution < 1.29 is 19.4 Å². The molecule has 0 aromatic carbocycles. The fourth-order valence-corrected chi connectivity index (χ4v) is 1.44. The number of amides is 1. The van der Waals surface area contributed by atoms with E-state index in [2.05, 4.69) is 0 Å². The van der Waals surface area contributed by atoms with Crippen LogP contribution < -0.4 is 11.3 Å². The number of furan rings is 1. The molecule has 0 aliphatic heterocycles. The van der Waals surface area contributed by atoms with Crippen molar-refractivity contribution in [2.45, 2.75) is 6.54 Å². The third-order valence-corrected chi connectivity index (χ3v) is 2.26. The second-order valence-electron chi connectivity index (χ2n) is 3.50. The molecule has 1 aromatic heterocycles. The zero-order valence-electron chi connectivity index (χ0n) is 9.43. The first kappa shape index (κ1) is 13.7. The molecular weight excluding hydrogens is 226 g/mol. The van der Waals surface area contributed by atoms with Crippen LogP contribution >= 0.6 is 0 Å². The molecule has 7 nitrogen and oxygen atoms in total. The first-order valence-electron chi connectivity index (χ1n) is 5.23. The molecule has 0 unspecified atom stereocenters. The SMILES string of the molecule is NNC(=O)c1coc(CN(CCO)CCO)c1. The quantitative estimate of drug-likeness (QED) is 0.268. The minimum atomic E-state index is -0.420. The number of nitrogen functional groups attached to an aromatic ring is 1. The van der Waals surface area contributed by atoms with Crippen LogP contribution in [-0.4, -0.2) is 47.3 Å². The van der Waals surface area contributed by atoms with Gasteiger partial charge >= 0.3 is 0 Å². The maximum absolute atomic E-state index is 11.2. The summed E-state index contributed by atoms with van der Waals surface area (Å²) < 4.78 is 5.19. The third kappa shape index (κ3) is 4.16. The zero-order valence-corrected chi connectivity index (χ0v) is 9.43. The molecule has 0 atom stereocenters. The van der Waals surface area contributed by atoms with Crippen LogP contribution in [0.25, 0.3) is 0 Å². The second-order valence-corrected chi connectivity index (χ2v) is 3.50. The lowest BCUT2D eigenvalue weighted by atomic mass is 10.3. The van der Waals surface area contributed by atoms with Gasteiger partial charge in [-0.2, -0.15) is 0 Å². The number of hydrazine groups is 1. The molecule has 96 valence electrons. The molecule has 1 rings (SSSR count). The van der Waals surface area contributed by atoms with Crippen LogP contribution in [0, 0.1) is 0 Å². The molecule has 17 heavy (non-hydrogen) atoms. The number of nitrogens with zero attached hydrogens (tertiary/aromatic N) is 1. The number of carbonyl (C=O) groups is 1. The van der Waals surface area contributed by atoms with Crippen LogP contribution in [-0.2, 0) is 6.54 Å². The lowest BCUT2D eigenvalue weighted by molar-refractivity contribution is 0.0953. The van der Waals surface area contributed by atoms with Gasteiger partial charge in [-0.05, 0) is 6.07 Å². The molecular formula is C10H17N3O4. The summed E-state index contributed by atoms with van der Waals surface area (Å²) in [6.07, 6.45) is 1.31. The van der Waals surface area contributed by atoms with Crippen LogP contribution in [0.15, 0.2) is 16.7 Å². The van der Waals surface area contributed by atoms with Crippen LogP contribution in [0.2, 0.25) is 0 Å². The molecule has 1 aromatic rings. The van der Waals surface area contributed by atoms with E-state index in [1.54, 1.807) is 6.07 Å². The van der Waals surface area contributed by atoms with Crippen molar-refractivity contribution in [1.82, 2.24) is 10.3 Å². The first-order chi connectivity index (χ1) is 8.21. The molecule has 7 heteroatoms. The van der Waals surface area contributed by atoms with Crippen LogP contribution in [0.3, 0.4) is 0 Å². The van der Waals surface area contributed by atoms with Crippen LogP contribution in [0.1, 0.15) is 16.1 Å². The topological polar surface area (TPSA) is 112 Å². The Bertz CT molecular complexity index is 347. The maximum atomic E-state index is 11.2. The van der Waals surface area contributed by atoms with E-state index in [0.29, 0.717) is 31.0 Å². The second kappa shape index (κ2) is 7.02. The number of rotatable bonds is 7. The van der Waals surface area contributed by atoms with Gasteiger partial charge in [-0.1, -0.05) is 0 Å². The van der Waals surface area contributed by atoms with Crippen molar-refractivity contribution in [3.8, 4) is 0 Å². The number of aliphatic hydroxyl groups excluding tert-OH is 2. The first-order valence-corrected chi connectivity index (χ1v) is 5.23. The van der Waals surface area contributed by atoms with Gasteiger partial charge in [0.2, 0.25) is 0 Å². The average Bonchev–Trinajstić information content (AvgIpc) is 2.77. The summed E-state index contributed by atoms with van der Waals surface area (Å²) in [4.78, 5) is 13.0. The molecule has 0 bridgehead atoms. The van der Waals surface area contributed by atoms with Gasteiger partial charge in [0.1, 0.15) is 12.0 Å². The lowest BCUT2D eigenvalue weighted by Gasteiger charge is -2.18. The number of nitrogens with one attached hydrogen (secondary N) is 1. The molecule has 0 spiro atoms. The third-order valence-electron chi connectivity index (χ3n) is 2.26. The molecule has 1 heterocycles. The standard InChI is InChI=1S/C10H17N3O4/c11-12-10(16)8-5-9(17-7-8)6-13(1-3-14)2-4-15/h5,7,14-15H,1-4,6,11H2,(H,12,16). The summed E-state index contributed by atoms with van der Waals surface area (Å²) in [7, 11) is 0. The summed E-state index contributed by atoms with van der Waals surface area (Å²) in [6, 6.07) is 1.57. The fourth-order valence-electron chi connectivity index (χ4n) is 1.44. The number of hydrogen-bond acceptors (Lipinski definition) is 6. The van der Waals surface area contributed by atoms with Gasteiger partial charge < -0.3 is 14.6 Å². The smallest absolute Gasteiger partial charge is 0.268 e. The minimum Gasteiger partial charge on any atom is -0.467 e. The highest BCUT2D eigenvalue weighted by Crippen LogP contribution is 2.10. The fraction of sp³-hybridized carbons (Fsp3) is 0.500. The predicted octanol–water partition coefficient (Wildman–Crippen LogP) is -1.33.